The molecule has 0 radical (unpaired) electrons. The maximum absolute atomic E-state index is 12.4. The highest BCUT2D eigenvalue weighted by atomic mass is 35.5. The average Bonchev–Trinajstić information content (AvgIpc) is 2.85. The fraction of sp³-hybridized carbons (Fsp3) is 0.500. The highest BCUT2D eigenvalue weighted by Crippen LogP contribution is 2.27. The minimum Gasteiger partial charge on any atom is -0.481 e. The van der Waals surface area contributed by atoms with Gasteiger partial charge in [-0.1, -0.05) is 31.5 Å². The fourth-order valence-corrected chi connectivity index (χ4v) is 3.03. The maximum Gasteiger partial charge on any atom is 0.305 e. The van der Waals surface area contributed by atoms with Gasteiger partial charge in [-0.15, -0.1) is 0 Å². The van der Waals surface area contributed by atoms with Gasteiger partial charge in [0.2, 0.25) is 0 Å². The number of carboxylic acid groups (broad SMARTS) is 1. The Balaban J connectivity index is 2.17. The quantitative estimate of drug-likeness (QED) is 0.873. The first-order valence-corrected chi connectivity index (χ1v) is 7.62. The van der Waals surface area contributed by atoms with E-state index in [1.807, 2.05) is 19.9 Å². The van der Waals surface area contributed by atoms with Crippen LogP contribution in [0.5, 0.6) is 0 Å². The van der Waals surface area contributed by atoms with Crippen molar-refractivity contribution in [2.24, 2.45) is 0 Å². The lowest BCUT2D eigenvalue weighted by Crippen LogP contribution is -2.50. The summed E-state index contributed by atoms with van der Waals surface area (Å²) < 4.78 is 5.27. The van der Waals surface area contributed by atoms with Gasteiger partial charge in [0.05, 0.1) is 18.6 Å². The predicted octanol–water partition coefficient (Wildman–Crippen LogP) is 2.83. The summed E-state index contributed by atoms with van der Waals surface area (Å²) in [5, 5.41) is 12.4. The number of amides is 1. The van der Waals surface area contributed by atoms with Crippen molar-refractivity contribution in [2.45, 2.75) is 38.1 Å². The molecule has 1 aromatic rings. The molecule has 1 fully saturated rings. The van der Waals surface area contributed by atoms with Crippen LogP contribution >= 0.6 is 11.6 Å². The Labute approximate surface area is 134 Å². The van der Waals surface area contributed by atoms with Gasteiger partial charge in [-0.05, 0) is 30.0 Å². The second-order valence-electron chi connectivity index (χ2n) is 6.00. The number of carbonyl (C=O) groups is 2. The minimum atomic E-state index is -0.959. The Hall–Kier alpha value is -1.59. The number of halogens is 1. The van der Waals surface area contributed by atoms with Crippen LogP contribution < -0.4 is 5.32 Å². The van der Waals surface area contributed by atoms with E-state index >= 15 is 0 Å². The van der Waals surface area contributed by atoms with Crippen molar-refractivity contribution in [1.82, 2.24) is 5.32 Å². The molecule has 0 aromatic heterocycles. The Morgan fingerprint density at radius 3 is 2.68 bits per heavy atom. The normalized spacial score (nSPS) is 21.1. The molecular formula is C16H20ClNO4. The summed E-state index contributed by atoms with van der Waals surface area (Å²) in [6.07, 6.45) is 0.333. The monoisotopic (exact) mass is 325 g/mol. The van der Waals surface area contributed by atoms with Crippen LogP contribution in [-0.2, 0) is 9.53 Å². The number of hydrogen-bond donors (Lipinski definition) is 2. The SMILES string of the molecule is CC(C)c1ccc(C(=O)NC2(CC(=O)O)CCOC2)cc1Cl. The van der Waals surface area contributed by atoms with Crippen molar-refractivity contribution in [3.05, 3.63) is 34.3 Å². The van der Waals surface area contributed by atoms with E-state index in [1.165, 1.54) is 0 Å². The number of rotatable bonds is 5. The van der Waals surface area contributed by atoms with Crippen molar-refractivity contribution < 1.29 is 19.4 Å². The summed E-state index contributed by atoms with van der Waals surface area (Å²) in [7, 11) is 0. The first-order valence-electron chi connectivity index (χ1n) is 7.24. The van der Waals surface area contributed by atoms with Crippen LogP contribution in [0.3, 0.4) is 0 Å². The van der Waals surface area contributed by atoms with Crippen LogP contribution in [0.25, 0.3) is 0 Å². The Kier molecular flexibility index (Phi) is 5.08. The lowest BCUT2D eigenvalue weighted by molar-refractivity contribution is -0.138. The molecule has 0 spiro atoms. The molecule has 1 amide bonds. The molecule has 1 aliphatic heterocycles. The van der Waals surface area contributed by atoms with E-state index in [2.05, 4.69) is 5.32 Å². The summed E-state index contributed by atoms with van der Waals surface area (Å²) in [4.78, 5) is 23.4. The molecule has 1 unspecified atom stereocenters. The summed E-state index contributed by atoms with van der Waals surface area (Å²) in [6, 6.07) is 5.16. The standard InChI is InChI=1S/C16H20ClNO4/c1-10(2)12-4-3-11(7-13(12)17)15(21)18-16(8-14(19)20)5-6-22-9-16/h3-4,7,10H,5-6,8-9H2,1-2H3,(H,18,21)(H,19,20). The smallest absolute Gasteiger partial charge is 0.305 e. The number of nitrogens with one attached hydrogen (secondary N) is 1. The van der Waals surface area contributed by atoms with E-state index in [-0.39, 0.29) is 24.9 Å². The molecule has 6 heteroatoms. The molecule has 5 nitrogen and oxygen atoms in total. The molecular weight excluding hydrogens is 306 g/mol. The van der Waals surface area contributed by atoms with Gasteiger partial charge >= 0.3 is 5.97 Å². The fourth-order valence-electron chi connectivity index (χ4n) is 2.63. The van der Waals surface area contributed by atoms with Crippen molar-refractivity contribution in [3.63, 3.8) is 0 Å². The van der Waals surface area contributed by atoms with Gasteiger partial charge in [0.1, 0.15) is 0 Å². The highest BCUT2D eigenvalue weighted by molar-refractivity contribution is 6.31. The van der Waals surface area contributed by atoms with Crippen molar-refractivity contribution in [3.8, 4) is 0 Å². The molecule has 2 N–H and O–H groups in total. The first-order chi connectivity index (χ1) is 10.3. The molecule has 0 bridgehead atoms. The topological polar surface area (TPSA) is 75.6 Å². The average molecular weight is 326 g/mol. The van der Waals surface area contributed by atoms with Crippen LogP contribution in [0, 0.1) is 0 Å². The largest absolute Gasteiger partial charge is 0.481 e. The summed E-state index contributed by atoms with van der Waals surface area (Å²) >= 11 is 6.21. The lowest BCUT2D eigenvalue weighted by atomic mass is 9.93. The van der Waals surface area contributed by atoms with E-state index in [0.717, 1.165) is 5.56 Å². The maximum atomic E-state index is 12.4. The Morgan fingerprint density at radius 2 is 2.18 bits per heavy atom. The Bertz CT molecular complexity index is 580. The number of carbonyl (C=O) groups excluding carboxylic acids is 1. The zero-order chi connectivity index (χ0) is 16.3. The summed E-state index contributed by atoms with van der Waals surface area (Å²) in [5.74, 6) is -1.02. The number of aliphatic carboxylic acids is 1. The predicted molar refractivity (Wildman–Crippen MR) is 83.4 cm³/mol. The van der Waals surface area contributed by atoms with E-state index in [4.69, 9.17) is 21.4 Å². The number of benzene rings is 1. The van der Waals surface area contributed by atoms with Crippen LogP contribution in [-0.4, -0.2) is 35.7 Å². The van der Waals surface area contributed by atoms with E-state index < -0.39 is 11.5 Å². The zero-order valence-corrected chi connectivity index (χ0v) is 13.4. The van der Waals surface area contributed by atoms with E-state index in [9.17, 15) is 9.59 Å². The molecule has 1 aliphatic rings. The van der Waals surface area contributed by atoms with Crippen LogP contribution in [0.2, 0.25) is 5.02 Å². The third-order valence-corrected chi connectivity index (χ3v) is 4.18. The van der Waals surface area contributed by atoms with E-state index in [1.54, 1.807) is 12.1 Å². The molecule has 22 heavy (non-hydrogen) atoms. The van der Waals surface area contributed by atoms with Crippen LogP contribution in [0.15, 0.2) is 18.2 Å². The summed E-state index contributed by atoms with van der Waals surface area (Å²) in [5.41, 5.74) is 0.556. The van der Waals surface area contributed by atoms with Crippen LogP contribution in [0.4, 0.5) is 0 Å². The highest BCUT2D eigenvalue weighted by Gasteiger charge is 2.38. The second kappa shape index (κ2) is 6.67. The van der Waals surface area contributed by atoms with Gasteiger partial charge in [0.25, 0.3) is 5.91 Å². The molecule has 120 valence electrons. The van der Waals surface area contributed by atoms with Gasteiger partial charge < -0.3 is 15.2 Å². The van der Waals surface area contributed by atoms with Gasteiger partial charge in [-0.2, -0.15) is 0 Å². The molecule has 2 rings (SSSR count). The molecule has 0 aliphatic carbocycles. The number of hydrogen-bond acceptors (Lipinski definition) is 3. The third-order valence-electron chi connectivity index (χ3n) is 3.86. The first kappa shape index (κ1) is 16.8. The third kappa shape index (κ3) is 3.78. The molecule has 0 saturated carbocycles. The zero-order valence-electron chi connectivity index (χ0n) is 12.7. The number of carboxylic acids is 1. The van der Waals surface area contributed by atoms with Crippen molar-refractivity contribution in [1.29, 1.82) is 0 Å². The van der Waals surface area contributed by atoms with Gasteiger partial charge in [0, 0.05) is 17.2 Å². The van der Waals surface area contributed by atoms with Gasteiger partial charge in [-0.25, -0.2) is 0 Å². The molecule has 1 heterocycles. The Morgan fingerprint density at radius 1 is 1.45 bits per heavy atom. The summed E-state index contributed by atoms with van der Waals surface area (Å²) in [6.45, 7) is 4.71. The lowest BCUT2D eigenvalue weighted by Gasteiger charge is -2.27. The second-order valence-corrected chi connectivity index (χ2v) is 6.41. The van der Waals surface area contributed by atoms with Crippen LogP contribution in [0.1, 0.15) is 48.5 Å². The van der Waals surface area contributed by atoms with Crippen molar-refractivity contribution >= 4 is 23.5 Å². The minimum absolute atomic E-state index is 0.156. The van der Waals surface area contributed by atoms with Gasteiger partial charge in [-0.3, -0.25) is 9.59 Å². The molecule has 1 saturated heterocycles. The number of ether oxygens (including phenoxy) is 1. The van der Waals surface area contributed by atoms with Crippen molar-refractivity contribution in [2.75, 3.05) is 13.2 Å². The van der Waals surface area contributed by atoms with Gasteiger partial charge in [0.15, 0.2) is 0 Å². The molecule has 1 aromatic carbocycles. The molecule has 1 atom stereocenters. The van der Waals surface area contributed by atoms with E-state index in [0.29, 0.717) is 23.6 Å².